The standard InChI is InChI=1S/C10H10ClNO2/c1-7(13)12-10(14)9-4-2-3-8(5-9)6-11/h2-5H,6H2,1H3,(H,12,13,14). The topological polar surface area (TPSA) is 46.2 Å². The molecule has 0 heterocycles. The Bertz CT molecular complexity index is 363. The molecule has 1 rings (SSSR count). The van der Waals surface area contributed by atoms with Crippen LogP contribution in [0.3, 0.4) is 0 Å². The van der Waals surface area contributed by atoms with Crippen molar-refractivity contribution in [2.45, 2.75) is 12.8 Å². The Morgan fingerprint density at radius 3 is 2.71 bits per heavy atom. The Balaban J connectivity index is 2.84. The van der Waals surface area contributed by atoms with Crippen LogP contribution < -0.4 is 5.32 Å². The summed E-state index contributed by atoms with van der Waals surface area (Å²) in [7, 11) is 0. The van der Waals surface area contributed by atoms with Crippen LogP contribution >= 0.6 is 11.6 Å². The van der Waals surface area contributed by atoms with E-state index in [1.807, 2.05) is 6.07 Å². The van der Waals surface area contributed by atoms with E-state index in [1.54, 1.807) is 18.2 Å². The summed E-state index contributed by atoms with van der Waals surface area (Å²) in [4.78, 5) is 22.0. The quantitative estimate of drug-likeness (QED) is 0.757. The van der Waals surface area contributed by atoms with Crippen LogP contribution in [0.25, 0.3) is 0 Å². The van der Waals surface area contributed by atoms with E-state index in [4.69, 9.17) is 11.6 Å². The van der Waals surface area contributed by atoms with Crippen LogP contribution in [0.1, 0.15) is 22.8 Å². The zero-order valence-corrected chi connectivity index (χ0v) is 8.47. The van der Waals surface area contributed by atoms with Gasteiger partial charge in [-0.3, -0.25) is 14.9 Å². The van der Waals surface area contributed by atoms with Gasteiger partial charge in [-0.05, 0) is 17.7 Å². The minimum Gasteiger partial charge on any atom is -0.293 e. The number of rotatable bonds is 2. The van der Waals surface area contributed by atoms with Crippen molar-refractivity contribution in [3.8, 4) is 0 Å². The predicted octanol–water partition coefficient (Wildman–Crippen LogP) is 1.70. The second-order valence-electron chi connectivity index (χ2n) is 2.84. The number of imide groups is 1. The highest BCUT2D eigenvalue weighted by Gasteiger charge is 2.06. The summed E-state index contributed by atoms with van der Waals surface area (Å²) >= 11 is 5.61. The summed E-state index contributed by atoms with van der Waals surface area (Å²) in [6.07, 6.45) is 0. The molecule has 2 amide bonds. The number of amides is 2. The number of benzene rings is 1. The molecule has 0 radical (unpaired) electrons. The third-order valence-corrected chi connectivity index (χ3v) is 1.94. The Morgan fingerprint density at radius 1 is 1.43 bits per heavy atom. The molecule has 74 valence electrons. The smallest absolute Gasteiger partial charge is 0.257 e. The van der Waals surface area contributed by atoms with E-state index < -0.39 is 5.91 Å². The number of hydrogen-bond donors (Lipinski definition) is 1. The number of nitrogens with one attached hydrogen (secondary N) is 1. The number of hydrogen-bond acceptors (Lipinski definition) is 2. The molecule has 0 aliphatic rings. The van der Waals surface area contributed by atoms with Crippen LogP contribution in [-0.4, -0.2) is 11.8 Å². The summed E-state index contributed by atoms with van der Waals surface area (Å²) in [5, 5.41) is 2.19. The largest absolute Gasteiger partial charge is 0.293 e. The van der Waals surface area contributed by atoms with E-state index >= 15 is 0 Å². The molecule has 1 N–H and O–H groups in total. The normalized spacial score (nSPS) is 9.57. The highest BCUT2D eigenvalue weighted by molar-refractivity contribution is 6.17. The maximum Gasteiger partial charge on any atom is 0.257 e. The molecule has 0 atom stereocenters. The lowest BCUT2D eigenvalue weighted by atomic mass is 10.1. The van der Waals surface area contributed by atoms with Crippen molar-refractivity contribution in [3.05, 3.63) is 35.4 Å². The molecule has 14 heavy (non-hydrogen) atoms. The first-order chi connectivity index (χ1) is 6.63. The van der Waals surface area contributed by atoms with Crippen molar-refractivity contribution in [2.24, 2.45) is 0 Å². The van der Waals surface area contributed by atoms with Gasteiger partial charge in [-0.2, -0.15) is 0 Å². The average molecular weight is 212 g/mol. The van der Waals surface area contributed by atoms with Crippen LogP contribution in [-0.2, 0) is 10.7 Å². The summed E-state index contributed by atoms with van der Waals surface area (Å²) in [5.74, 6) is -0.419. The van der Waals surface area contributed by atoms with Gasteiger partial charge in [-0.25, -0.2) is 0 Å². The summed E-state index contributed by atoms with van der Waals surface area (Å²) < 4.78 is 0. The first-order valence-corrected chi connectivity index (χ1v) is 4.63. The lowest BCUT2D eigenvalue weighted by Gasteiger charge is -2.02. The molecule has 0 fully saturated rings. The van der Waals surface area contributed by atoms with Crippen molar-refractivity contribution in [2.75, 3.05) is 0 Å². The molecular weight excluding hydrogens is 202 g/mol. The van der Waals surface area contributed by atoms with Crippen molar-refractivity contribution in [1.29, 1.82) is 0 Å². The third-order valence-electron chi connectivity index (χ3n) is 1.63. The zero-order chi connectivity index (χ0) is 10.6. The second kappa shape index (κ2) is 4.77. The third kappa shape index (κ3) is 2.85. The molecule has 4 heteroatoms. The molecule has 0 saturated carbocycles. The minimum absolute atomic E-state index is 0.348. The molecular formula is C10H10ClNO2. The van der Waals surface area contributed by atoms with Crippen molar-refractivity contribution in [3.63, 3.8) is 0 Å². The predicted molar refractivity (Wildman–Crippen MR) is 54.1 cm³/mol. The van der Waals surface area contributed by atoms with Gasteiger partial charge in [0.05, 0.1) is 0 Å². The Kier molecular flexibility index (Phi) is 3.65. The fourth-order valence-electron chi connectivity index (χ4n) is 1.03. The molecule has 1 aromatic rings. The lowest BCUT2D eigenvalue weighted by molar-refractivity contribution is -0.118. The molecule has 0 unspecified atom stereocenters. The molecule has 0 bridgehead atoms. The van der Waals surface area contributed by atoms with E-state index in [9.17, 15) is 9.59 Å². The highest BCUT2D eigenvalue weighted by atomic mass is 35.5. The molecule has 0 aliphatic carbocycles. The number of carbonyl (C=O) groups excluding carboxylic acids is 2. The lowest BCUT2D eigenvalue weighted by Crippen LogP contribution is -2.27. The van der Waals surface area contributed by atoms with Crippen LogP contribution in [0.2, 0.25) is 0 Å². The molecule has 0 spiro atoms. The number of alkyl halides is 1. The van der Waals surface area contributed by atoms with Gasteiger partial charge in [0.2, 0.25) is 5.91 Å². The Morgan fingerprint density at radius 2 is 2.14 bits per heavy atom. The summed E-state index contributed by atoms with van der Waals surface area (Å²) in [6.45, 7) is 1.29. The summed E-state index contributed by atoms with van der Waals surface area (Å²) in [6, 6.07) is 6.84. The molecule has 0 saturated heterocycles. The molecule has 0 aliphatic heterocycles. The fraction of sp³-hybridized carbons (Fsp3) is 0.200. The first kappa shape index (κ1) is 10.7. The van der Waals surface area contributed by atoms with Crippen molar-refractivity contribution in [1.82, 2.24) is 5.32 Å². The van der Waals surface area contributed by atoms with Gasteiger partial charge >= 0.3 is 0 Å². The fourth-order valence-corrected chi connectivity index (χ4v) is 1.19. The van der Waals surface area contributed by atoms with Crippen molar-refractivity contribution < 1.29 is 9.59 Å². The van der Waals surface area contributed by atoms with Crippen molar-refractivity contribution >= 4 is 23.4 Å². The molecule has 1 aromatic carbocycles. The van der Waals surface area contributed by atoms with Gasteiger partial charge in [-0.15, -0.1) is 11.6 Å². The monoisotopic (exact) mass is 211 g/mol. The van der Waals surface area contributed by atoms with E-state index in [0.29, 0.717) is 11.4 Å². The van der Waals surface area contributed by atoms with E-state index in [2.05, 4.69) is 5.32 Å². The summed E-state index contributed by atoms with van der Waals surface area (Å²) in [5.41, 5.74) is 1.29. The minimum atomic E-state index is -0.399. The molecule has 3 nitrogen and oxygen atoms in total. The van der Waals surface area contributed by atoms with Gasteiger partial charge in [-0.1, -0.05) is 12.1 Å². The van der Waals surface area contributed by atoms with E-state index in [-0.39, 0.29) is 5.91 Å². The number of carbonyl (C=O) groups is 2. The maximum atomic E-state index is 11.3. The number of halogens is 1. The maximum absolute atomic E-state index is 11.3. The van der Waals surface area contributed by atoms with Gasteiger partial charge in [0, 0.05) is 18.4 Å². The zero-order valence-electron chi connectivity index (χ0n) is 7.71. The van der Waals surface area contributed by atoms with E-state index in [0.717, 1.165) is 5.56 Å². The Hall–Kier alpha value is -1.35. The Labute approximate surface area is 87.1 Å². The van der Waals surface area contributed by atoms with Gasteiger partial charge < -0.3 is 0 Å². The molecule has 0 aromatic heterocycles. The second-order valence-corrected chi connectivity index (χ2v) is 3.11. The van der Waals surface area contributed by atoms with Gasteiger partial charge in [0.25, 0.3) is 5.91 Å². The van der Waals surface area contributed by atoms with Gasteiger partial charge in [0.1, 0.15) is 0 Å². The van der Waals surface area contributed by atoms with Crippen LogP contribution in [0.15, 0.2) is 24.3 Å². The first-order valence-electron chi connectivity index (χ1n) is 4.10. The average Bonchev–Trinajstić information content (AvgIpc) is 2.17. The highest BCUT2D eigenvalue weighted by Crippen LogP contribution is 2.07. The van der Waals surface area contributed by atoms with Crippen LogP contribution in [0.5, 0.6) is 0 Å². The van der Waals surface area contributed by atoms with Gasteiger partial charge in [0.15, 0.2) is 0 Å². The van der Waals surface area contributed by atoms with E-state index in [1.165, 1.54) is 6.92 Å². The van der Waals surface area contributed by atoms with Crippen LogP contribution in [0, 0.1) is 0 Å². The SMILES string of the molecule is CC(=O)NC(=O)c1cccc(CCl)c1. The van der Waals surface area contributed by atoms with Crippen LogP contribution in [0.4, 0.5) is 0 Å².